The third-order valence-electron chi connectivity index (χ3n) is 2.72. The normalized spacial score (nSPS) is 11.5. The summed E-state index contributed by atoms with van der Waals surface area (Å²) in [6.07, 6.45) is 11.6. The van der Waals surface area contributed by atoms with E-state index in [1.165, 1.54) is 11.1 Å². The van der Waals surface area contributed by atoms with Crippen molar-refractivity contribution in [2.24, 2.45) is 0 Å². The minimum atomic E-state index is 0.0377. The largest absolute Gasteiger partial charge is 0.332 e. The Bertz CT molecular complexity index is 371. The van der Waals surface area contributed by atoms with Gasteiger partial charge in [0.15, 0.2) is 0 Å². The highest BCUT2D eigenvalue weighted by Crippen LogP contribution is 2.07. The van der Waals surface area contributed by atoms with Crippen LogP contribution in [0.2, 0.25) is 0 Å². The minimum Gasteiger partial charge on any atom is -0.332 e. The van der Waals surface area contributed by atoms with E-state index in [9.17, 15) is 4.79 Å². The van der Waals surface area contributed by atoms with Crippen molar-refractivity contribution in [2.75, 3.05) is 13.1 Å². The van der Waals surface area contributed by atoms with Crippen LogP contribution >= 0.6 is 0 Å². The molecule has 0 aromatic rings. The van der Waals surface area contributed by atoms with Crippen LogP contribution in [0.15, 0.2) is 48.1 Å². The Labute approximate surface area is 118 Å². The molecule has 19 heavy (non-hydrogen) atoms. The van der Waals surface area contributed by atoms with E-state index < -0.39 is 0 Å². The Kier molecular flexibility index (Phi) is 9.51. The lowest BCUT2D eigenvalue weighted by molar-refractivity contribution is -0.125. The third kappa shape index (κ3) is 9.06. The zero-order valence-electron chi connectivity index (χ0n) is 12.8. The van der Waals surface area contributed by atoms with Crippen molar-refractivity contribution in [2.45, 2.75) is 40.5 Å². The summed E-state index contributed by atoms with van der Waals surface area (Å²) in [5.74, 6) is 0.0377. The van der Waals surface area contributed by atoms with Gasteiger partial charge in [-0.05, 0) is 46.6 Å². The summed E-state index contributed by atoms with van der Waals surface area (Å²) in [6.45, 7) is 13.1. The van der Waals surface area contributed by atoms with Gasteiger partial charge in [0.25, 0.3) is 0 Å². The predicted molar refractivity (Wildman–Crippen MR) is 84.0 cm³/mol. The Morgan fingerprint density at radius 1 is 1.16 bits per heavy atom. The van der Waals surface area contributed by atoms with Crippen molar-refractivity contribution in [3.05, 3.63) is 48.1 Å². The van der Waals surface area contributed by atoms with E-state index in [0.717, 1.165) is 12.8 Å². The van der Waals surface area contributed by atoms with Crippen LogP contribution in [-0.4, -0.2) is 23.9 Å². The van der Waals surface area contributed by atoms with Crippen LogP contribution in [0.4, 0.5) is 0 Å². The first-order chi connectivity index (χ1) is 9.01. The first-order valence-electron chi connectivity index (χ1n) is 6.82. The molecule has 0 saturated carbocycles. The molecule has 0 spiro atoms. The average molecular weight is 261 g/mol. The second-order valence-corrected chi connectivity index (χ2v) is 4.90. The summed E-state index contributed by atoms with van der Waals surface area (Å²) in [4.78, 5) is 13.6. The van der Waals surface area contributed by atoms with Crippen molar-refractivity contribution < 1.29 is 4.79 Å². The standard InChI is InChI=1S/C17H27NO/c1-6-9-17(19)18(13-7-2)14-12-16(5)11-8-10-15(3)4/h6-7,9-10,12H,2,8,11,13-14H2,1,3-5H3/b9-6+,16-12+. The van der Waals surface area contributed by atoms with Crippen LogP contribution in [0.3, 0.4) is 0 Å². The van der Waals surface area contributed by atoms with Gasteiger partial charge in [0.1, 0.15) is 0 Å². The summed E-state index contributed by atoms with van der Waals surface area (Å²) in [5, 5.41) is 0. The summed E-state index contributed by atoms with van der Waals surface area (Å²) in [5.41, 5.74) is 2.67. The monoisotopic (exact) mass is 261 g/mol. The van der Waals surface area contributed by atoms with Crippen LogP contribution < -0.4 is 0 Å². The smallest absolute Gasteiger partial charge is 0.246 e. The maximum absolute atomic E-state index is 11.8. The van der Waals surface area contributed by atoms with Crippen LogP contribution in [0, 0.1) is 0 Å². The number of rotatable bonds is 8. The lowest BCUT2D eigenvalue weighted by Crippen LogP contribution is -2.29. The number of nitrogens with zero attached hydrogens (tertiary/aromatic N) is 1. The second-order valence-electron chi connectivity index (χ2n) is 4.90. The highest BCUT2D eigenvalue weighted by Gasteiger charge is 2.06. The van der Waals surface area contributed by atoms with E-state index in [4.69, 9.17) is 0 Å². The summed E-state index contributed by atoms with van der Waals surface area (Å²) >= 11 is 0. The Balaban J connectivity index is 4.39. The van der Waals surface area contributed by atoms with Crippen molar-refractivity contribution in [1.29, 1.82) is 0 Å². The molecule has 0 aromatic carbocycles. The van der Waals surface area contributed by atoms with E-state index in [1.54, 1.807) is 23.1 Å². The molecule has 106 valence electrons. The number of carbonyl (C=O) groups is 1. The molecule has 0 heterocycles. The molecule has 0 rings (SSSR count). The Hall–Kier alpha value is -1.57. The highest BCUT2D eigenvalue weighted by molar-refractivity contribution is 5.87. The summed E-state index contributed by atoms with van der Waals surface area (Å²) < 4.78 is 0. The molecular weight excluding hydrogens is 234 g/mol. The number of allylic oxidation sites excluding steroid dienone is 4. The van der Waals surface area contributed by atoms with Gasteiger partial charge in [-0.1, -0.05) is 35.5 Å². The predicted octanol–water partition coefficient (Wildman–Crippen LogP) is 4.27. The Morgan fingerprint density at radius 3 is 2.37 bits per heavy atom. The van der Waals surface area contributed by atoms with Crippen LogP contribution in [0.25, 0.3) is 0 Å². The third-order valence-corrected chi connectivity index (χ3v) is 2.72. The lowest BCUT2D eigenvalue weighted by atomic mass is 10.1. The van der Waals surface area contributed by atoms with Crippen molar-refractivity contribution in [1.82, 2.24) is 4.90 Å². The van der Waals surface area contributed by atoms with Crippen molar-refractivity contribution >= 4 is 5.91 Å². The van der Waals surface area contributed by atoms with Gasteiger partial charge < -0.3 is 4.90 Å². The van der Waals surface area contributed by atoms with Gasteiger partial charge >= 0.3 is 0 Å². The van der Waals surface area contributed by atoms with E-state index in [2.05, 4.69) is 39.5 Å². The van der Waals surface area contributed by atoms with Gasteiger partial charge in [0, 0.05) is 13.1 Å². The maximum atomic E-state index is 11.8. The van der Waals surface area contributed by atoms with E-state index in [-0.39, 0.29) is 5.91 Å². The number of hydrogen-bond donors (Lipinski definition) is 0. The second kappa shape index (κ2) is 10.4. The topological polar surface area (TPSA) is 20.3 Å². The van der Waals surface area contributed by atoms with Gasteiger partial charge in [-0.25, -0.2) is 0 Å². The van der Waals surface area contributed by atoms with Crippen molar-refractivity contribution in [3.63, 3.8) is 0 Å². The zero-order valence-corrected chi connectivity index (χ0v) is 12.8. The van der Waals surface area contributed by atoms with Crippen LogP contribution in [0.5, 0.6) is 0 Å². The quantitative estimate of drug-likeness (QED) is 0.472. The van der Waals surface area contributed by atoms with Gasteiger partial charge in [0.05, 0.1) is 0 Å². The molecule has 0 N–H and O–H groups in total. The fourth-order valence-electron chi connectivity index (χ4n) is 1.61. The molecule has 0 unspecified atom stereocenters. The number of amides is 1. The van der Waals surface area contributed by atoms with Crippen molar-refractivity contribution in [3.8, 4) is 0 Å². The molecule has 0 radical (unpaired) electrons. The van der Waals surface area contributed by atoms with Gasteiger partial charge in [-0.2, -0.15) is 0 Å². The SMILES string of the molecule is C=CCN(C/C=C(\C)CCC=C(C)C)C(=O)/C=C/C. The zero-order chi connectivity index (χ0) is 14.7. The van der Waals surface area contributed by atoms with Gasteiger partial charge in [0.2, 0.25) is 5.91 Å². The summed E-state index contributed by atoms with van der Waals surface area (Å²) in [6, 6.07) is 0. The van der Waals surface area contributed by atoms with E-state index in [1.807, 2.05) is 6.92 Å². The Morgan fingerprint density at radius 2 is 1.84 bits per heavy atom. The number of carbonyl (C=O) groups excluding carboxylic acids is 1. The first-order valence-corrected chi connectivity index (χ1v) is 6.82. The van der Waals surface area contributed by atoms with Crippen LogP contribution in [-0.2, 0) is 4.79 Å². The fourth-order valence-corrected chi connectivity index (χ4v) is 1.61. The maximum Gasteiger partial charge on any atom is 0.246 e. The minimum absolute atomic E-state index is 0.0377. The molecule has 0 fully saturated rings. The number of hydrogen-bond acceptors (Lipinski definition) is 1. The lowest BCUT2D eigenvalue weighted by Gasteiger charge is -2.17. The van der Waals surface area contributed by atoms with Crippen LogP contribution in [0.1, 0.15) is 40.5 Å². The fraction of sp³-hybridized carbons (Fsp3) is 0.471. The van der Waals surface area contributed by atoms with E-state index in [0.29, 0.717) is 13.1 Å². The molecular formula is C17H27NO. The molecule has 2 nitrogen and oxygen atoms in total. The van der Waals surface area contributed by atoms with Gasteiger partial charge in [-0.3, -0.25) is 4.79 Å². The molecule has 0 saturated heterocycles. The molecule has 0 aliphatic heterocycles. The molecule has 0 aromatic heterocycles. The van der Waals surface area contributed by atoms with Gasteiger partial charge in [-0.15, -0.1) is 6.58 Å². The average Bonchev–Trinajstić information content (AvgIpc) is 2.34. The summed E-state index contributed by atoms with van der Waals surface area (Å²) in [7, 11) is 0. The molecule has 1 amide bonds. The molecule has 2 heteroatoms. The molecule has 0 aliphatic rings. The van der Waals surface area contributed by atoms with E-state index >= 15 is 0 Å². The highest BCUT2D eigenvalue weighted by atomic mass is 16.2. The first kappa shape index (κ1) is 17.4. The molecule has 0 atom stereocenters. The molecule has 0 bridgehead atoms. The molecule has 0 aliphatic carbocycles.